The number of benzene rings is 1. The second-order valence-corrected chi connectivity index (χ2v) is 4.43. The third-order valence-electron chi connectivity index (χ3n) is 2.43. The van der Waals surface area contributed by atoms with Crippen LogP contribution < -0.4 is 0 Å². The van der Waals surface area contributed by atoms with Gasteiger partial charge in [0, 0.05) is 10.2 Å². The number of nitrogens with one attached hydrogen (secondary N) is 1. The number of hydrogen-bond donors (Lipinski definition) is 1. The number of halogens is 1. The topological polar surface area (TPSA) is 41.6 Å². The molecular weight excluding hydrogens is 266 g/mol. The highest BCUT2D eigenvalue weighted by atomic mass is 79.9. The van der Waals surface area contributed by atoms with E-state index in [2.05, 4.69) is 43.0 Å². The number of H-pyrrole nitrogens is 1. The Balaban J connectivity index is 2.19. The minimum atomic E-state index is 0.935. The summed E-state index contributed by atoms with van der Waals surface area (Å²) in [6.45, 7) is 0. The zero-order chi connectivity index (χ0) is 11.0. The van der Waals surface area contributed by atoms with Gasteiger partial charge in [-0.1, -0.05) is 28.1 Å². The SMILES string of the molecule is Brc1cccc(-c2cc3ncncc3[nH]2)c1. The van der Waals surface area contributed by atoms with Crippen molar-refractivity contribution in [2.75, 3.05) is 0 Å². The molecule has 0 spiro atoms. The van der Waals surface area contributed by atoms with Gasteiger partial charge >= 0.3 is 0 Å². The molecule has 3 rings (SSSR count). The van der Waals surface area contributed by atoms with Gasteiger partial charge in [0.25, 0.3) is 0 Å². The zero-order valence-corrected chi connectivity index (χ0v) is 9.90. The molecule has 0 aliphatic heterocycles. The standard InChI is InChI=1S/C12H8BrN3/c13-9-3-1-2-8(4-9)10-5-11-12(16-10)6-14-7-15-11/h1-7,16H. The number of rotatable bonds is 1. The van der Waals surface area contributed by atoms with Crippen LogP contribution in [0.2, 0.25) is 0 Å². The van der Waals surface area contributed by atoms with Gasteiger partial charge in [0.2, 0.25) is 0 Å². The lowest BCUT2D eigenvalue weighted by Gasteiger charge is -1.97. The van der Waals surface area contributed by atoms with Crippen molar-refractivity contribution in [2.24, 2.45) is 0 Å². The van der Waals surface area contributed by atoms with Gasteiger partial charge in [-0.2, -0.15) is 0 Å². The number of fused-ring (bicyclic) bond motifs is 1. The van der Waals surface area contributed by atoms with Crippen LogP contribution in [0.1, 0.15) is 0 Å². The molecule has 0 saturated carbocycles. The molecule has 0 bridgehead atoms. The molecule has 0 unspecified atom stereocenters. The first kappa shape index (κ1) is 9.54. The molecule has 0 atom stereocenters. The quantitative estimate of drug-likeness (QED) is 0.739. The largest absolute Gasteiger partial charge is 0.352 e. The Morgan fingerprint density at radius 3 is 2.94 bits per heavy atom. The van der Waals surface area contributed by atoms with Gasteiger partial charge in [-0.15, -0.1) is 0 Å². The number of nitrogens with zero attached hydrogens (tertiary/aromatic N) is 2. The van der Waals surface area contributed by atoms with E-state index in [1.54, 1.807) is 12.5 Å². The van der Waals surface area contributed by atoms with Crippen molar-refractivity contribution in [1.82, 2.24) is 15.0 Å². The molecule has 78 valence electrons. The summed E-state index contributed by atoms with van der Waals surface area (Å²) in [5, 5.41) is 0. The second-order valence-electron chi connectivity index (χ2n) is 3.52. The lowest BCUT2D eigenvalue weighted by molar-refractivity contribution is 1.22. The molecule has 0 aliphatic rings. The van der Waals surface area contributed by atoms with Crippen LogP contribution in [0.5, 0.6) is 0 Å². The molecule has 0 aliphatic carbocycles. The molecule has 1 aromatic carbocycles. The highest BCUT2D eigenvalue weighted by Gasteiger charge is 2.03. The van der Waals surface area contributed by atoms with E-state index in [-0.39, 0.29) is 0 Å². The normalized spacial score (nSPS) is 10.8. The molecular formula is C12H8BrN3. The van der Waals surface area contributed by atoms with Gasteiger partial charge < -0.3 is 4.98 Å². The molecule has 4 heteroatoms. The average molecular weight is 274 g/mol. The molecule has 0 radical (unpaired) electrons. The molecule has 1 N–H and O–H groups in total. The van der Waals surface area contributed by atoms with Crippen molar-refractivity contribution >= 4 is 27.0 Å². The minimum Gasteiger partial charge on any atom is -0.352 e. The third-order valence-corrected chi connectivity index (χ3v) is 2.92. The Morgan fingerprint density at radius 1 is 1.19 bits per heavy atom. The second kappa shape index (κ2) is 3.72. The van der Waals surface area contributed by atoms with Crippen LogP contribution >= 0.6 is 15.9 Å². The van der Waals surface area contributed by atoms with Crippen molar-refractivity contribution in [3.63, 3.8) is 0 Å². The highest BCUT2D eigenvalue weighted by Crippen LogP contribution is 2.24. The summed E-state index contributed by atoms with van der Waals surface area (Å²) >= 11 is 3.46. The van der Waals surface area contributed by atoms with Crippen molar-refractivity contribution in [3.05, 3.63) is 47.3 Å². The number of hydrogen-bond acceptors (Lipinski definition) is 2. The van der Waals surface area contributed by atoms with Crippen LogP contribution in [0.15, 0.2) is 47.3 Å². The summed E-state index contributed by atoms with van der Waals surface area (Å²) in [6.07, 6.45) is 3.34. The van der Waals surface area contributed by atoms with Crippen LogP contribution in [-0.2, 0) is 0 Å². The van der Waals surface area contributed by atoms with Gasteiger partial charge in [0.05, 0.1) is 17.2 Å². The maximum absolute atomic E-state index is 4.20. The van der Waals surface area contributed by atoms with E-state index in [4.69, 9.17) is 0 Å². The summed E-state index contributed by atoms with van der Waals surface area (Å²) in [7, 11) is 0. The summed E-state index contributed by atoms with van der Waals surface area (Å²) in [4.78, 5) is 11.5. The average Bonchev–Trinajstić information content (AvgIpc) is 2.72. The summed E-state index contributed by atoms with van der Waals surface area (Å²) in [5.74, 6) is 0. The van der Waals surface area contributed by atoms with E-state index in [0.717, 1.165) is 26.8 Å². The van der Waals surface area contributed by atoms with Crippen LogP contribution in [-0.4, -0.2) is 15.0 Å². The Bertz CT molecular complexity index is 612. The van der Waals surface area contributed by atoms with Gasteiger partial charge in [-0.25, -0.2) is 9.97 Å². The first-order chi connectivity index (χ1) is 7.83. The van der Waals surface area contributed by atoms with Gasteiger partial charge in [0.1, 0.15) is 6.33 Å². The molecule has 3 nitrogen and oxygen atoms in total. The Hall–Kier alpha value is -1.68. The first-order valence-corrected chi connectivity index (χ1v) is 5.67. The number of aromatic nitrogens is 3. The highest BCUT2D eigenvalue weighted by molar-refractivity contribution is 9.10. The Morgan fingerprint density at radius 2 is 2.12 bits per heavy atom. The lowest BCUT2D eigenvalue weighted by atomic mass is 10.2. The molecule has 2 aromatic heterocycles. The third kappa shape index (κ3) is 1.61. The molecule has 16 heavy (non-hydrogen) atoms. The Labute approximate surface area is 101 Å². The monoisotopic (exact) mass is 273 g/mol. The fraction of sp³-hybridized carbons (Fsp3) is 0. The fourth-order valence-electron chi connectivity index (χ4n) is 1.68. The molecule has 0 fully saturated rings. The van der Waals surface area contributed by atoms with E-state index in [1.807, 2.05) is 18.2 Å². The lowest BCUT2D eigenvalue weighted by Crippen LogP contribution is -1.77. The first-order valence-electron chi connectivity index (χ1n) is 4.87. The predicted octanol–water partition coefficient (Wildman–Crippen LogP) is 3.39. The van der Waals surface area contributed by atoms with Crippen LogP contribution in [0.25, 0.3) is 22.3 Å². The van der Waals surface area contributed by atoms with Crippen LogP contribution in [0.3, 0.4) is 0 Å². The van der Waals surface area contributed by atoms with Crippen molar-refractivity contribution in [1.29, 1.82) is 0 Å². The fourth-order valence-corrected chi connectivity index (χ4v) is 2.08. The van der Waals surface area contributed by atoms with E-state index in [0.29, 0.717) is 0 Å². The van der Waals surface area contributed by atoms with Crippen molar-refractivity contribution in [2.45, 2.75) is 0 Å². The zero-order valence-electron chi connectivity index (χ0n) is 8.31. The summed E-state index contributed by atoms with van der Waals surface area (Å²) < 4.78 is 1.06. The summed E-state index contributed by atoms with van der Waals surface area (Å²) in [5.41, 5.74) is 4.08. The van der Waals surface area contributed by atoms with Crippen molar-refractivity contribution in [3.8, 4) is 11.3 Å². The molecule has 0 amide bonds. The molecule has 0 saturated heterocycles. The minimum absolute atomic E-state index is 0.935. The Kier molecular flexibility index (Phi) is 2.22. The van der Waals surface area contributed by atoms with E-state index in [9.17, 15) is 0 Å². The van der Waals surface area contributed by atoms with Gasteiger partial charge in [-0.05, 0) is 23.8 Å². The maximum Gasteiger partial charge on any atom is 0.116 e. The maximum atomic E-state index is 4.20. The van der Waals surface area contributed by atoms with Crippen molar-refractivity contribution < 1.29 is 0 Å². The summed E-state index contributed by atoms with van der Waals surface area (Å²) in [6, 6.07) is 10.2. The van der Waals surface area contributed by atoms with Crippen LogP contribution in [0.4, 0.5) is 0 Å². The smallest absolute Gasteiger partial charge is 0.116 e. The molecule has 3 aromatic rings. The number of aromatic amines is 1. The molecule has 2 heterocycles. The predicted molar refractivity (Wildman–Crippen MR) is 67.0 cm³/mol. The van der Waals surface area contributed by atoms with Gasteiger partial charge in [0.15, 0.2) is 0 Å². The van der Waals surface area contributed by atoms with E-state index < -0.39 is 0 Å². The van der Waals surface area contributed by atoms with Crippen LogP contribution in [0, 0.1) is 0 Å². The van der Waals surface area contributed by atoms with E-state index >= 15 is 0 Å². The van der Waals surface area contributed by atoms with Gasteiger partial charge in [-0.3, -0.25) is 0 Å². The van der Waals surface area contributed by atoms with E-state index in [1.165, 1.54) is 0 Å².